The van der Waals surface area contributed by atoms with Crippen LogP contribution in [0.25, 0.3) is 16.9 Å². The topological polar surface area (TPSA) is 59.7 Å². The van der Waals surface area contributed by atoms with Crippen molar-refractivity contribution in [1.29, 1.82) is 0 Å². The molecule has 0 amide bonds. The third-order valence-corrected chi connectivity index (χ3v) is 3.40. The molecule has 0 fully saturated rings. The molecule has 3 aromatic rings. The number of benzene rings is 1. The highest BCUT2D eigenvalue weighted by molar-refractivity contribution is 5.89. The third-order valence-electron chi connectivity index (χ3n) is 3.40. The highest BCUT2D eigenvalue weighted by Gasteiger charge is 2.11. The summed E-state index contributed by atoms with van der Waals surface area (Å²) in [6.45, 7) is 0. The first kappa shape index (κ1) is 14.1. The molecule has 22 heavy (non-hydrogen) atoms. The van der Waals surface area contributed by atoms with Crippen LogP contribution in [0.3, 0.4) is 0 Å². The van der Waals surface area contributed by atoms with Crippen LogP contribution in [0, 0.1) is 0 Å². The molecule has 0 saturated carbocycles. The van der Waals surface area contributed by atoms with E-state index >= 15 is 0 Å². The summed E-state index contributed by atoms with van der Waals surface area (Å²) in [4.78, 5) is 18.1. The Balaban J connectivity index is 2.08. The van der Waals surface area contributed by atoms with Crippen molar-refractivity contribution in [3.63, 3.8) is 0 Å². The minimum atomic E-state index is -0.347. The van der Waals surface area contributed by atoms with E-state index in [1.165, 1.54) is 7.11 Å². The smallest absolute Gasteiger partial charge is 0.337 e. The van der Waals surface area contributed by atoms with Crippen LogP contribution in [0.2, 0.25) is 0 Å². The van der Waals surface area contributed by atoms with E-state index in [-0.39, 0.29) is 5.97 Å². The molecular formula is C16H16N4O2. The normalized spacial score (nSPS) is 10.7. The average molecular weight is 296 g/mol. The van der Waals surface area contributed by atoms with Crippen LogP contribution in [-0.2, 0) is 4.74 Å². The summed E-state index contributed by atoms with van der Waals surface area (Å²) >= 11 is 0. The Bertz CT molecular complexity index is 822. The van der Waals surface area contributed by atoms with Crippen molar-refractivity contribution in [2.24, 2.45) is 0 Å². The number of rotatable bonds is 3. The molecule has 0 aliphatic heterocycles. The SMILES string of the molecule is COC(=O)c1ccc(-c2cc(N(C)C)n3nccc3n2)cc1. The van der Waals surface area contributed by atoms with Crippen molar-refractivity contribution in [3.8, 4) is 11.3 Å². The number of carbonyl (C=O) groups excluding carboxylic acids is 1. The molecule has 0 saturated heterocycles. The predicted octanol–water partition coefficient (Wildman–Crippen LogP) is 2.25. The van der Waals surface area contributed by atoms with Gasteiger partial charge in [-0.25, -0.2) is 9.78 Å². The number of aromatic nitrogens is 3. The van der Waals surface area contributed by atoms with Gasteiger partial charge >= 0.3 is 5.97 Å². The summed E-state index contributed by atoms with van der Waals surface area (Å²) in [6.07, 6.45) is 1.72. The van der Waals surface area contributed by atoms with Crippen LogP contribution >= 0.6 is 0 Å². The molecule has 0 bridgehead atoms. The number of fused-ring (bicyclic) bond motifs is 1. The largest absolute Gasteiger partial charge is 0.465 e. The van der Waals surface area contributed by atoms with Crippen molar-refractivity contribution >= 4 is 17.4 Å². The predicted molar refractivity (Wildman–Crippen MR) is 84.1 cm³/mol. The maximum Gasteiger partial charge on any atom is 0.337 e. The van der Waals surface area contributed by atoms with Gasteiger partial charge in [-0.2, -0.15) is 9.61 Å². The van der Waals surface area contributed by atoms with Crippen LogP contribution < -0.4 is 4.90 Å². The maximum atomic E-state index is 11.5. The Morgan fingerprint density at radius 2 is 1.91 bits per heavy atom. The highest BCUT2D eigenvalue weighted by Crippen LogP contribution is 2.23. The Hall–Kier alpha value is -2.89. The van der Waals surface area contributed by atoms with Gasteiger partial charge in [-0.15, -0.1) is 0 Å². The standard InChI is InChI=1S/C16H16N4O2/c1-19(2)15-10-13(18-14-8-9-17-20(14)15)11-4-6-12(7-5-11)16(21)22-3/h4-10H,1-3H3. The number of hydrogen-bond donors (Lipinski definition) is 0. The first-order valence-electron chi connectivity index (χ1n) is 6.81. The molecule has 0 atom stereocenters. The Labute approximate surface area is 128 Å². The number of hydrogen-bond acceptors (Lipinski definition) is 5. The van der Waals surface area contributed by atoms with Gasteiger partial charge in [0.25, 0.3) is 0 Å². The second kappa shape index (κ2) is 5.48. The molecule has 3 rings (SSSR count). The van der Waals surface area contributed by atoms with Gasteiger partial charge in [0, 0.05) is 31.8 Å². The van der Waals surface area contributed by atoms with Crippen molar-refractivity contribution in [2.45, 2.75) is 0 Å². The lowest BCUT2D eigenvalue weighted by molar-refractivity contribution is 0.0601. The van der Waals surface area contributed by atoms with Crippen molar-refractivity contribution in [3.05, 3.63) is 48.2 Å². The van der Waals surface area contributed by atoms with Gasteiger partial charge in [0.2, 0.25) is 0 Å². The van der Waals surface area contributed by atoms with Crippen LogP contribution in [-0.4, -0.2) is 41.8 Å². The molecule has 112 valence electrons. The zero-order valence-corrected chi connectivity index (χ0v) is 12.6. The van der Waals surface area contributed by atoms with Gasteiger partial charge in [-0.05, 0) is 12.1 Å². The fourth-order valence-electron chi connectivity index (χ4n) is 2.26. The molecule has 0 aliphatic carbocycles. The molecule has 0 aliphatic rings. The van der Waals surface area contributed by atoms with Gasteiger partial charge in [0.15, 0.2) is 5.65 Å². The molecule has 6 heteroatoms. The molecular weight excluding hydrogens is 280 g/mol. The molecule has 1 aromatic carbocycles. The van der Waals surface area contributed by atoms with Crippen LogP contribution in [0.15, 0.2) is 42.6 Å². The number of nitrogens with zero attached hydrogens (tertiary/aromatic N) is 4. The van der Waals surface area contributed by atoms with Gasteiger partial charge in [-0.1, -0.05) is 12.1 Å². The number of methoxy groups -OCH3 is 1. The second-order valence-corrected chi connectivity index (χ2v) is 5.06. The number of carbonyl (C=O) groups is 1. The summed E-state index contributed by atoms with van der Waals surface area (Å²) in [7, 11) is 5.29. The van der Waals surface area contributed by atoms with Crippen LogP contribution in [0.1, 0.15) is 10.4 Å². The first-order chi connectivity index (χ1) is 10.6. The van der Waals surface area contributed by atoms with Gasteiger partial charge in [-0.3, -0.25) is 0 Å². The molecule has 0 N–H and O–H groups in total. The molecule has 2 aromatic heterocycles. The Morgan fingerprint density at radius 3 is 2.55 bits per heavy atom. The third kappa shape index (κ3) is 2.39. The van der Waals surface area contributed by atoms with Gasteiger partial charge in [0.05, 0.1) is 24.6 Å². The molecule has 0 spiro atoms. The van der Waals surface area contributed by atoms with Crippen molar-refractivity contribution in [2.75, 3.05) is 26.1 Å². The van der Waals surface area contributed by atoms with E-state index in [9.17, 15) is 4.79 Å². The molecule has 6 nitrogen and oxygen atoms in total. The average Bonchev–Trinajstić information content (AvgIpc) is 3.01. The maximum absolute atomic E-state index is 11.5. The van der Waals surface area contributed by atoms with E-state index in [0.29, 0.717) is 5.56 Å². The fraction of sp³-hybridized carbons (Fsp3) is 0.188. The van der Waals surface area contributed by atoms with Crippen LogP contribution in [0.4, 0.5) is 5.82 Å². The lowest BCUT2D eigenvalue weighted by Gasteiger charge is -2.15. The molecule has 2 heterocycles. The van der Waals surface area contributed by atoms with Crippen molar-refractivity contribution < 1.29 is 9.53 Å². The zero-order chi connectivity index (χ0) is 15.7. The number of esters is 1. The van der Waals surface area contributed by atoms with E-state index in [1.807, 2.05) is 43.3 Å². The summed E-state index contributed by atoms with van der Waals surface area (Å²) < 4.78 is 6.49. The lowest BCUT2D eigenvalue weighted by atomic mass is 10.1. The van der Waals surface area contributed by atoms with Crippen LogP contribution in [0.5, 0.6) is 0 Å². The Morgan fingerprint density at radius 1 is 1.18 bits per heavy atom. The summed E-state index contributed by atoms with van der Waals surface area (Å²) in [5.74, 6) is 0.585. The van der Waals surface area contributed by atoms with E-state index in [4.69, 9.17) is 4.74 Å². The van der Waals surface area contributed by atoms with E-state index < -0.39 is 0 Å². The number of ether oxygens (including phenoxy) is 1. The summed E-state index contributed by atoms with van der Waals surface area (Å²) in [5, 5.41) is 4.27. The van der Waals surface area contributed by atoms with E-state index in [2.05, 4.69) is 10.1 Å². The van der Waals surface area contributed by atoms with E-state index in [1.54, 1.807) is 22.8 Å². The highest BCUT2D eigenvalue weighted by atomic mass is 16.5. The Kier molecular flexibility index (Phi) is 3.50. The van der Waals surface area contributed by atoms with Gasteiger partial charge < -0.3 is 9.64 Å². The molecule has 0 radical (unpaired) electrons. The first-order valence-corrected chi connectivity index (χ1v) is 6.81. The quantitative estimate of drug-likeness (QED) is 0.694. The second-order valence-electron chi connectivity index (χ2n) is 5.06. The zero-order valence-electron chi connectivity index (χ0n) is 12.6. The van der Waals surface area contributed by atoms with E-state index in [0.717, 1.165) is 22.7 Å². The summed E-state index contributed by atoms with van der Waals surface area (Å²) in [6, 6.07) is 11.0. The van der Waals surface area contributed by atoms with Gasteiger partial charge in [0.1, 0.15) is 5.82 Å². The minimum absolute atomic E-state index is 0.347. The lowest BCUT2D eigenvalue weighted by Crippen LogP contribution is -2.14. The number of anilines is 1. The van der Waals surface area contributed by atoms with Crippen molar-refractivity contribution in [1.82, 2.24) is 14.6 Å². The minimum Gasteiger partial charge on any atom is -0.465 e. The fourth-order valence-corrected chi connectivity index (χ4v) is 2.26. The molecule has 0 unspecified atom stereocenters. The summed E-state index contributed by atoms with van der Waals surface area (Å²) in [5.41, 5.74) is 3.05. The monoisotopic (exact) mass is 296 g/mol.